The number of hydrogen-bond acceptors (Lipinski definition) is 4. The Hall–Kier alpha value is -1.84. The Morgan fingerprint density at radius 1 is 1.14 bits per heavy atom. The topological polar surface area (TPSA) is 52.6 Å². The van der Waals surface area contributed by atoms with Gasteiger partial charge < -0.3 is 9.47 Å². The molecular formula is C24H32O4. The van der Waals surface area contributed by atoms with Gasteiger partial charge in [0.2, 0.25) is 0 Å². The average molecular weight is 385 g/mol. The molecule has 3 aliphatic rings. The van der Waals surface area contributed by atoms with Gasteiger partial charge in [0.05, 0.1) is 7.11 Å². The number of rotatable bonds is 4. The smallest absolute Gasteiger partial charge is 0.303 e. The molecule has 1 aromatic carbocycles. The summed E-state index contributed by atoms with van der Waals surface area (Å²) in [5.74, 6) is 2.18. The highest BCUT2D eigenvalue weighted by atomic mass is 16.6. The quantitative estimate of drug-likeness (QED) is 0.698. The van der Waals surface area contributed by atoms with E-state index in [9.17, 15) is 9.59 Å². The van der Waals surface area contributed by atoms with Crippen LogP contribution < -0.4 is 4.74 Å². The van der Waals surface area contributed by atoms with E-state index in [1.807, 2.05) is 0 Å². The van der Waals surface area contributed by atoms with Crippen molar-refractivity contribution in [1.29, 1.82) is 0 Å². The predicted octanol–water partition coefficient (Wildman–Crippen LogP) is 4.83. The molecule has 0 bridgehead atoms. The lowest BCUT2D eigenvalue weighted by Crippen LogP contribution is -2.57. The first-order valence-corrected chi connectivity index (χ1v) is 10.8. The second-order valence-corrected chi connectivity index (χ2v) is 9.04. The van der Waals surface area contributed by atoms with Crippen LogP contribution in [0.3, 0.4) is 0 Å². The van der Waals surface area contributed by atoms with Crippen LogP contribution in [0.15, 0.2) is 18.2 Å². The Bertz CT molecular complexity index is 800. The summed E-state index contributed by atoms with van der Waals surface area (Å²) in [4.78, 5) is 24.8. The van der Waals surface area contributed by atoms with Crippen LogP contribution in [0.25, 0.3) is 0 Å². The lowest BCUT2D eigenvalue weighted by molar-refractivity contribution is -0.186. The van der Waals surface area contributed by atoms with Gasteiger partial charge in [0.25, 0.3) is 0 Å². The average Bonchev–Trinajstić information content (AvgIpc) is 3.02. The number of ketones is 1. The van der Waals surface area contributed by atoms with E-state index < -0.39 is 5.60 Å². The van der Waals surface area contributed by atoms with Gasteiger partial charge in [-0.2, -0.15) is 0 Å². The van der Waals surface area contributed by atoms with Crippen LogP contribution in [0.4, 0.5) is 0 Å². The molecule has 4 heteroatoms. The van der Waals surface area contributed by atoms with Gasteiger partial charge >= 0.3 is 5.97 Å². The van der Waals surface area contributed by atoms with Crippen LogP contribution in [-0.2, 0) is 20.7 Å². The molecule has 0 N–H and O–H groups in total. The summed E-state index contributed by atoms with van der Waals surface area (Å²) in [5.41, 5.74) is 1.74. The summed E-state index contributed by atoms with van der Waals surface area (Å²) in [5, 5.41) is 0. The van der Waals surface area contributed by atoms with Crippen molar-refractivity contribution in [3.05, 3.63) is 29.3 Å². The van der Waals surface area contributed by atoms with E-state index in [-0.39, 0.29) is 17.2 Å². The fourth-order valence-corrected chi connectivity index (χ4v) is 7.22. The Balaban J connectivity index is 1.73. The summed E-state index contributed by atoms with van der Waals surface area (Å²) in [7, 11) is 1.72. The Kier molecular flexibility index (Phi) is 4.79. The molecule has 0 unspecified atom stereocenters. The summed E-state index contributed by atoms with van der Waals surface area (Å²) in [6.45, 7) is 5.25. The molecular weight excluding hydrogens is 352 g/mol. The minimum atomic E-state index is -0.927. The molecule has 2 saturated carbocycles. The molecule has 0 spiro atoms. The number of benzene rings is 1. The molecule has 28 heavy (non-hydrogen) atoms. The molecule has 0 saturated heterocycles. The van der Waals surface area contributed by atoms with E-state index in [0.29, 0.717) is 24.2 Å². The van der Waals surface area contributed by atoms with Gasteiger partial charge in [0.1, 0.15) is 5.75 Å². The van der Waals surface area contributed by atoms with Gasteiger partial charge in [-0.1, -0.05) is 13.0 Å². The molecule has 0 aromatic heterocycles. The largest absolute Gasteiger partial charge is 0.497 e. The SMILES string of the molecule is CC[C@]12CC[C@@H]3c4ccc(OC)cc4CC[C@H]3[C@@H]1CC[C@@]2(OC(C)=O)C(C)=O. The molecule has 0 amide bonds. The van der Waals surface area contributed by atoms with Gasteiger partial charge in [0, 0.05) is 12.3 Å². The summed E-state index contributed by atoms with van der Waals surface area (Å²) in [6, 6.07) is 6.53. The van der Waals surface area contributed by atoms with Crippen molar-refractivity contribution in [3.63, 3.8) is 0 Å². The van der Waals surface area contributed by atoms with Crippen molar-refractivity contribution in [2.75, 3.05) is 7.11 Å². The monoisotopic (exact) mass is 384 g/mol. The van der Waals surface area contributed by atoms with Crippen molar-refractivity contribution in [3.8, 4) is 5.75 Å². The van der Waals surface area contributed by atoms with E-state index >= 15 is 0 Å². The van der Waals surface area contributed by atoms with E-state index in [4.69, 9.17) is 9.47 Å². The van der Waals surface area contributed by atoms with E-state index in [2.05, 4.69) is 25.1 Å². The van der Waals surface area contributed by atoms with Crippen LogP contribution >= 0.6 is 0 Å². The summed E-state index contributed by atoms with van der Waals surface area (Å²) < 4.78 is 11.3. The van der Waals surface area contributed by atoms with Crippen molar-refractivity contribution >= 4 is 11.8 Å². The molecule has 0 aliphatic heterocycles. The highest BCUT2D eigenvalue weighted by Crippen LogP contribution is 2.67. The van der Waals surface area contributed by atoms with Crippen molar-refractivity contribution < 1.29 is 19.1 Å². The maximum absolute atomic E-state index is 12.9. The number of ether oxygens (including phenoxy) is 2. The number of methoxy groups -OCH3 is 1. The highest BCUT2D eigenvalue weighted by molar-refractivity contribution is 5.89. The second kappa shape index (κ2) is 6.89. The van der Waals surface area contributed by atoms with Crippen molar-refractivity contribution in [1.82, 2.24) is 0 Å². The molecule has 4 rings (SSSR count). The Morgan fingerprint density at radius 2 is 1.93 bits per heavy atom. The number of esters is 1. The van der Waals surface area contributed by atoms with E-state index in [0.717, 1.165) is 44.3 Å². The first kappa shape index (κ1) is 19.5. The fraction of sp³-hybridized carbons (Fsp3) is 0.667. The zero-order valence-corrected chi connectivity index (χ0v) is 17.5. The standard InChI is InChI=1S/C24H32O4/c1-5-23-12-10-20-19-9-7-18(27-4)14-17(19)6-8-21(20)22(23)11-13-24(23,15(2)25)28-16(3)26/h7,9,14,20-22H,5-6,8,10-13H2,1-4H3/t20-,21-,22+,23+,24-/m1/s1. The second-order valence-electron chi connectivity index (χ2n) is 9.04. The minimum Gasteiger partial charge on any atom is -0.497 e. The van der Waals surface area contributed by atoms with Gasteiger partial charge in [0.15, 0.2) is 11.4 Å². The van der Waals surface area contributed by atoms with Gasteiger partial charge in [-0.25, -0.2) is 0 Å². The Morgan fingerprint density at radius 3 is 2.57 bits per heavy atom. The van der Waals surface area contributed by atoms with Crippen LogP contribution in [-0.4, -0.2) is 24.5 Å². The third-order valence-corrected chi connectivity index (χ3v) is 8.27. The van der Waals surface area contributed by atoms with Crippen LogP contribution in [0, 0.1) is 17.3 Å². The zero-order chi connectivity index (χ0) is 20.1. The first-order chi connectivity index (χ1) is 13.4. The molecule has 0 radical (unpaired) electrons. The fourth-order valence-electron chi connectivity index (χ4n) is 7.22. The highest BCUT2D eigenvalue weighted by Gasteiger charge is 2.67. The summed E-state index contributed by atoms with van der Waals surface area (Å²) in [6.07, 6.45) is 6.77. The maximum Gasteiger partial charge on any atom is 0.303 e. The van der Waals surface area contributed by atoms with E-state index in [1.54, 1.807) is 14.0 Å². The molecule has 2 fully saturated rings. The molecule has 5 atom stereocenters. The number of Topliss-reactive ketones (excluding diaryl/α,β-unsaturated/α-hetero) is 1. The zero-order valence-electron chi connectivity index (χ0n) is 17.5. The molecule has 1 aromatic rings. The van der Waals surface area contributed by atoms with Gasteiger partial charge in [-0.05, 0) is 92.9 Å². The predicted molar refractivity (Wildman–Crippen MR) is 107 cm³/mol. The van der Waals surface area contributed by atoms with Crippen molar-refractivity contribution in [2.45, 2.75) is 77.2 Å². The van der Waals surface area contributed by atoms with Crippen molar-refractivity contribution in [2.24, 2.45) is 17.3 Å². The van der Waals surface area contributed by atoms with Crippen LogP contribution in [0.5, 0.6) is 5.75 Å². The lowest BCUT2D eigenvalue weighted by atomic mass is 9.51. The van der Waals surface area contributed by atoms with Crippen LogP contribution in [0.2, 0.25) is 0 Å². The Labute approximate surface area is 168 Å². The van der Waals surface area contributed by atoms with Crippen LogP contribution in [0.1, 0.15) is 76.3 Å². The number of carbonyl (C=O) groups excluding carboxylic acids is 2. The molecule has 4 nitrogen and oxygen atoms in total. The third kappa shape index (κ3) is 2.56. The van der Waals surface area contributed by atoms with Gasteiger partial charge in [-0.15, -0.1) is 0 Å². The number of hydrogen-bond donors (Lipinski definition) is 0. The van der Waals surface area contributed by atoms with Gasteiger partial charge in [-0.3, -0.25) is 9.59 Å². The lowest BCUT2D eigenvalue weighted by Gasteiger charge is -2.54. The summed E-state index contributed by atoms with van der Waals surface area (Å²) >= 11 is 0. The minimum absolute atomic E-state index is 0.0337. The molecule has 152 valence electrons. The third-order valence-electron chi connectivity index (χ3n) is 8.27. The maximum atomic E-state index is 12.9. The molecule has 0 heterocycles. The van der Waals surface area contributed by atoms with E-state index in [1.165, 1.54) is 18.1 Å². The number of aryl methyl sites for hydroxylation is 1. The first-order valence-electron chi connectivity index (χ1n) is 10.8. The molecule has 3 aliphatic carbocycles. The number of fused-ring (bicyclic) bond motifs is 5. The number of carbonyl (C=O) groups is 2. The normalized spacial score (nSPS) is 36.1.